The lowest BCUT2D eigenvalue weighted by Crippen LogP contribution is -2.46. The predicted octanol–water partition coefficient (Wildman–Crippen LogP) is -1.86. The summed E-state index contributed by atoms with van der Waals surface area (Å²) in [6.07, 6.45) is -2.49. The Morgan fingerprint density at radius 3 is 1.74 bits per heavy atom. The maximum atomic E-state index is 10.9. The van der Waals surface area contributed by atoms with Crippen molar-refractivity contribution in [1.82, 2.24) is 4.90 Å². The van der Waals surface area contributed by atoms with Crippen molar-refractivity contribution >= 4 is 27.1 Å². The number of nitrogens with zero attached hydrogens (tertiary/aromatic N) is 1. The number of rotatable bonds is 8. The number of carbonyl (C=O) groups is 2. The first-order chi connectivity index (χ1) is 8.32. The molecule has 0 aliphatic rings. The van der Waals surface area contributed by atoms with E-state index in [0.717, 1.165) is 0 Å². The van der Waals surface area contributed by atoms with Gasteiger partial charge in [0.1, 0.15) is 12.3 Å². The van der Waals surface area contributed by atoms with E-state index in [-0.39, 0.29) is 0 Å². The third-order valence-corrected chi connectivity index (χ3v) is 3.39. The van der Waals surface area contributed by atoms with Crippen molar-refractivity contribution < 1.29 is 48.5 Å². The molecular weight excluding hydrogens is 308 g/mol. The molecule has 112 valence electrons. The molecular formula is C6H13NO10P2. The van der Waals surface area contributed by atoms with Gasteiger partial charge >= 0.3 is 27.1 Å². The number of carboxylic acids is 2. The highest BCUT2D eigenvalue weighted by Gasteiger charge is 2.36. The van der Waals surface area contributed by atoms with Gasteiger partial charge in [-0.25, -0.2) is 0 Å². The van der Waals surface area contributed by atoms with Crippen molar-refractivity contribution in [2.24, 2.45) is 0 Å². The minimum atomic E-state index is -4.81. The molecule has 13 heteroatoms. The molecule has 0 bridgehead atoms. The third-order valence-electron chi connectivity index (χ3n) is 1.84. The van der Waals surface area contributed by atoms with Gasteiger partial charge in [0.2, 0.25) is 0 Å². The zero-order chi connectivity index (χ0) is 15.4. The lowest BCUT2D eigenvalue weighted by Gasteiger charge is -2.27. The van der Waals surface area contributed by atoms with Gasteiger partial charge in [-0.1, -0.05) is 0 Å². The van der Waals surface area contributed by atoms with Crippen molar-refractivity contribution in [2.75, 3.05) is 19.0 Å². The van der Waals surface area contributed by atoms with Gasteiger partial charge in [0.05, 0.1) is 12.7 Å². The van der Waals surface area contributed by atoms with E-state index in [1.165, 1.54) is 0 Å². The fourth-order valence-corrected chi connectivity index (χ4v) is 2.85. The Hall–Kier alpha value is -0.800. The van der Waals surface area contributed by atoms with Crippen molar-refractivity contribution in [3.63, 3.8) is 0 Å². The van der Waals surface area contributed by atoms with Gasteiger partial charge in [-0.05, 0) is 0 Å². The van der Waals surface area contributed by atoms with Crippen molar-refractivity contribution in [2.45, 2.75) is 6.04 Å². The molecule has 1 unspecified atom stereocenters. The Balaban J connectivity index is 5.25. The molecule has 0 amide bonds. The van der Waals surface area contributed by atoms with Gasteiger partial charge in [-0.2, -0.15) is 0 Å². The summed E-state index contributed by atoms with van der Waals surface area (Å²) in [6.45, 7) is -1.08. The van der Waals surface area contributed by atoms with Crippen LogP contribution in [0.2, 0.25) is 0 Å². The first kappa shape index (κ1) is 18.2. The number of hydrogen-bond donors (Lipinski definition) is 6. The average Bonchev–Trinajstić information content (AvgIpc) is 2.07. The summed E-state index contributed by atoms with van der Waals surface area (Å²) in [7, 11) is -9.60. The van der Waals surface area contributed by atoms with Gasteiger partial charge in [0, 0.05) is 0 Å². The van der Waals surface area contributed by atoms with E-state index < -0.39 is 52.2 Å². The zero-order valence-electron chi connectivity index (χ0n) is 9.36. The highest BCUT2D eigenvalue weighted by molar-refractivity contribution is 7.52. The molecule has 0 fully saturated rings. The van der Waals surface area contributed by atoms with Gasteiger partial charge in [-0.15, -0.1) is 0 Å². The molecule has 0 aromatic rings. The minimum Gasteiger partial charge on any atom is -0.480 e. The Morgan fingerprint density at radius 2 is 1.47 bits per heavy atom. The molecule has 19 heavy (non-hydrogen) atoms. The Kier molecular flexibility index (Phi) is 6.30. The van der Waals surface area contributed by atoms with Gasteiger partial charge < -0.3 is 29.8 Å². The number of carboxylic acid groups (broad SMARTS) is 2. The Labute approximate surface area is 106 Å². The molecule has 6 N–H and O–H groups in total. The molecule has 1 atom stereocenters. The summed E-state index contributed by atoms with van der Waals surface area (Å²) in [6, 6.07) is -2.02. The van der Waals surface area contributed by atoms with Crippen LogP contribution in [-0.4, -0.2) is 71.7 Å². The van der Waals surface area contributed by atoms with Crippen molar-refractivity contribution in [1.29, 1.82) is 0 Å². The van der Waals surface area contributed by atoms with E-state index in [4.69, 9.17) is 29.8 Å². The molecule has 0 spiro atoms. The number of hydrogen-bond acceptors (Lipinski definition) is 5. The molecule has 0 aromatic heterocycles. The first-order valence-corrected chi connectivity index (χ1v) is 8.19. The number of aliphatic carboxylic acids is 2. The SMILES string of the molecule is O=C(O)CN(CP(=O)(O)O)C(CP(=O)(O)O)C(=O)O. The van der Waals surface area contributed by atoms with E-state index in [2.05, 4.69) is 0 Å². The molecule has 0 aromatic carbocycles. The van der Waals surface area contributed by atoms with Crippen LogP contribution in [0.3, 0.4) is 0 Å². The van der Waals surface area contributed by atoms with Crippen LogP contribution in [-0.2, 0) is 18.7 Å². The smallest absolute Gasteiger partial charge is 0.339 e. The van der Waals surface area contributed by atoms with E-state index in [1.54, 1.807) is 0 Å². The fourth-order valence-electron chi connectivity index (χ4n) is 1.24. The second-order valence-corrected chi connectivity index (χ2v) is 6.95. The van der Waals surface area contributed by atoms with Crippen LogP contribution in [0, 0.1) is 0 Å². The molecule has 0 rings (SSSR count). The summed E-state index contributed by atoms with van der Waals surface area (Å²) < 4.78 is 21.6. The summed E-state index contributed by atoms with van der Waals surface area (Å²) in [5.41, 5.74) is 0. The van der Waals surface area contributed by atoms with Crippen LogP contribution in [0.1, 0.15) is 0 Å². The van der Waals surface area contributed by atoms with Crippen LogP contribution in [0.25, 0.3) is 0 Å². The van der Waals surface area contributed by atoms with Crippen LogP contribution in [0.4, 0.5) is 0 Å². The van der Waals surface area contributed by atoms with Crippen molar-refractivity contribution in [3.8, 4) is 0 Å². The van der Waals surface area contributed by atoms with E-state index in [9.17, 15) is 18.7 Å². The van der Waals surface area contributed by atoms with E-state index >= 15 is 0 Å². The summed E-state index contributed by atoms with van der Waals surface area (Å²) in [5.74, 6) is -3.39. The maximum Gasteiger partial charge on any atom is 0.339 e. The lowest BCUT2D eigenvalue weighted by molar-refractivity contribution is -0.145. The van der Waals surface area contributed by atoms with E-state index in [1.807, 2.05) is 0 Å². The average molecular weight is 321 g/mol. The molecule has 0 aliphatic carbocycles. The maximum absolute atomic E-state index is 10.9. The van der Waals surface area contributed by atoms with E-state index in [0.29, 0.717) is 4.90 Å². The predicted molar refractivity (Wildman–Crippen MR) is 59.6 cm³/mol. The van der Waals surface area contributed by atoms with Crippen molar-refractivity contribution in [3.05, 3.63) is 0 Å². The normalized spacial score (nSPS) is 14.4. The zero-order valence-corrected chi connectivity index (χ0v) is 11.1. The van der Waals surface area contributed by atoms with Gasteiger partial charge in [-0.3, -0.25) is 23.6 Å². The Bertz CT molecular complexity index is 437. The van der Waals surface area contributed by atoms with Gasteiger partial charge in [0.15, 0.2) is 0 Å². The highest BCUT2D eigenvalue weighted by atomic mass is 31.2. The molecule has 0 aliphatic heterocycles. The monoisotopic (exact) mass is 321 g/mol. The summed E-state index contributed by atoms with van der Waals surface area (Å²) in [4.78, 5) is 56.5. The largest absolute Gasteiger partial charge is 0.480 e. The minimum absolute atomic E-state index is 0.296. The lowest BCUT2D eigenvalue weighted by atomic mass is 10.3. The molecule has 0 saturated carbocycles. The second kappa shape index (κ2) is 6.58. The van der Waals surface area contributed by atoms with Crippen LogP contribution < -0.4 is 0 Å². The fraction of sp³-hybridized carbons (Fsp3) is 0.667. The van der Waals surface area contributed by atoms with Crippen LogP contribution in [0.15, 0.2) is 0 Å². The van der Waals surface area contributed by atoms with Crippen LogP contribution >= 0.6 is 15.2 Å². The summed E-state index contributed by atoms with van der Waals surface area (Å²) in [5, 5.41) is 17.3. The quantitative estimate of drug-likeness (QED) is 0.274. The van der Waals surface area contributed by atoms with Gasteiger partial charge in [0.25, 0.3) is 0 Å². The van der Waals surface area contributed by atoms with Crippen LogP contribution in [0.5, 0.6) is 0 Å². The third kappa shape index (κ3) is 8.84. The molecule has 11 nitrogen and oxygen atoms in total. The summed E-state index contributed by atoms with van der Waals surface area (Å²) >= 11 is 0. The highest BCUT2D eigenvalue weighted by Crippen LogP contribution is 2.39. The molecule has 0 heterocycles. The molecule has 0 saturated heterocycles. The molecule has 0 radical (unpaired) electrons. The second-order valence-electron chi connectivity index (χ2n) is 3.65. The Morgan fingerprint density at radius 1 is 1.00 bits per heavy atom. The first-order valence-electron chi connectivity index (χ1n) is 4.59. The topological polar surface area (TPSA) is 193 Å². The standard InChI is InChI=1S/C6H13NO10P2/c8-5(9)1-7(3-19(15,16)17)4(6(10)11)2-18(12,13)14/h4H,1-3H2,(H,8,9)(H,10,11)(H2,12,13,14)(H2,15,16,17).